The summed E-state index contributed by atoms with van der Waals surface area (Å²) in [7, 11) is 0. The van der Waals surface area contributed by atoms with Crippen molar-refractivity contribution in [1.29, 1.82) is 0 Å². The van der Waals surface area contributed by atoms with Gasteiger partial charge in [-0.3, -0.25) is 4.68 Å². The van der Waals surface area contributed by atoms with E-state index in [2.05, 4.69) is 5.10 Å². The van der Waals surface area contributed by atoms with Crippen molar-refractivity contribution in [2.75, 3.05) is 13.2 Å². The van der Waals surface area contributed by atoms with Crippen LogP contribution in [0.1, 0.15) is 18.0 Å². The third kappa shape index (κ3) is 1.35. The number of nitrogens with two attached hydrogens (primary N) is 1. The average molecular weight is 167 g/mol. The molecule has 0 saturated carbocycles. The molecule has 1 fully saturated rings. The molecule has 0 spiro atoms. The Bertz CT molecular complexity index is 253. The molecule has 1 aromatic heterocycles. The predicted molar refractivity (Wildman–Crippen MR) is 44.6 cm³/mol. The lowest BCUT2D eigenvalue weighted by atomic mass is 10.3. The van der Waals surface area contributed by atoms with Gasteiger partial charge in [0.15, 0.2) is 0 Å². The van der Waals surface area contributed by atoms with E-state index in [-0.39, 0.29) is 0 Å². The fourth-order valence-corrected chi connectivity index (χ4v) is 1.41. The number of aromatic nitrogens is 2. The highest BCUT2D eigenvalue weighted by Crippen LogP contribution is 2.17. The van der Waals surface area contributed by atoms with Crippen LogP contribution in [-0.2, 0) is 11.3 Å². The van der Waals surface area contributed by atoms with Gasteiger partial charge in [-0.05, 0) is 6.42 Å². The summed E-state index contributed by atoms with van der Waals surface area (Å²) in [4.78, 5) is 0. The molecule has 1 saturated heterocycles. The summed E-state index contributed by atoms with van der Waals surface area (Å²) in [6.07, 6.45) is 4.88. The summed E-state index contributed by atoms with van der Waals surface area (Å²) in [5, 5.41) is 4.23. The van der Waals surface area contributed by atoms with Crippen LogP contribution in [0.5, 0.6) is 0 Å². The van der Waals surface area contributed by atoms with E-state index in [9.17, 15) is 0 Å². The van der Waals surface area contributed by atoms with Gasteiger partial charge in [-0.25, -0.2) is 0 Å². The maximum absolute atomic E-state index is 5.48. The van der Waals surface area contributed by atoms with Gasteiger partial charge in [0.05, 0.1) is 18.8 Å². The first-order valence-electron chi connectivity index (χ1n) is 4.21. The van der Waals surface area contributed by atoms with Crippen molar-refractivity contribution >= 4 is 0 Å². The zero-order chi connectivity index (χ0) is 8.39. The minimum absolute atomic E-state index is 0.422. The highest BCUT2D eigenvalue weighted by atomic mass is 16.5. The maximum atomic E-state index is 5.48. The van der Waals surface area contributed by atoms with E-state index in [1.807, 2.05) is 17.1 Å². The monoisotopic (exact) mass is 167 g/mol. The fourth-order valence-electron chi connectivity index (χ4n) is 1.41. The first kappa shape index (κ1) is 7.76. The van der Waals surface area contributed by atoms with Gasteiger partial charge in [0.25, 0.3) is 0 Å². The molecule has 12 heavy (non-hydrogen) atoms. The van der Waals surface area contributed by atoms with Gasteiger partial charge in [-0.2, -0.15) is 5.10 Å². The molecule has 2 N–H and O–H groups in total. The Morgan fingerprint density at radius 1 is 1.75 bits per heavy atom. The second-order valence-corrected chi connectivity index (χ2v) is 3.05. The molecule has 1 aliphatic heterocycles. The highest BCUT2D eigenvalue weighted by molar-refractivity contribution is 5.03. The Hall–Kier alpha value is -0.870. The fraction of sp³-hybridized carbons (Fsp3) is 0.625. The third-order valence-corrected chi connectivity index (χ3v) is 2.17. The number of nitrogens with zero attached hydrogens (tertiary/aromatic N) is 2. The van der Waals surface area contributed by atoms with Crippen molar-refractivity contribution in [2.24, 2.45) is 5.73 Å². The topological polar surface area (TPSA) is 53.1 Å². The van der Waals surface area contributed by atoms with Crippen LogP contribution >= 0.6 is 0 Å². The molecule has 4 nitrogen and oxygen atoms in total. The Labute approximate surface area is 71.3 Å². The molecule has 0 aromatic carbocycles. The molecule has 1 aromatic rings. The van der Waals surface area contributed by atoms with Crippen LogP contribution in [0.25, 0.3) is 0 Å². The summed E-state index contributed by atoms with van der Waals surface area (Å²) >= 11 is 0. The van der Waals surface area contributed by atoms with E-state index in [1.54, 1.807) is 0 Å². The van der Waals surface area contributed by atoms with E-state index in [0.717, 1.165) is 25.2 Å². The van der Waals surface area contributed by atoms with Crippen molar-refractivity contribution < 1.29 is 4.74 Å². The second-order valence-electron chi connectivity index (χ2n) is 3.05. The molecule has 4 heteroatoms. The summed E-state index contributed by atoms with van der Waals surface area (Å²) in [5.41, 5.74) is 6.56. The number of ether oxygens (including phenoxy) is 1. The minimum atomic E-state index is 0.422. The molecular formula is C8H13N3O. The van der Waals surface area contributed by atoms with E-state index >= 15 is 0 Å². The quantitative estimate of drug-likeness (QED) is 0.689. The van der Waals surface area contributed by atoms with Crippen LogP contribution in [-0.4, -0.2) is 23.0 Å². The van der Waals surface area contributed by atoms with Crippen LogP contribution in [0.2, 0.25) is 0 Å². The lowest BCUT2D eigenvalue weighted by molar-refractivity contribution is 0.184. The van der Waals surface area contributed by atoms with Crippen molar-refractivity contribution in [3.8, 4) is 0 Å². The molecule has 0 amide bonds. The lowest BCUT2D eigenvalue weighted by Gasteiger charge is -2.06. The van der Waals surface area contributed by atoms with Gasteiger partial charge in [0.1, 0.15) is 0 Å². The Morgan fingerprint density at radius 3 is 3.25 bits per heavy atom. The van der Waals surface area contributed by atoms with Crippen molar-refractivity contribution in [3.05, 3.63) is 18.0 Å². The zero-order valence-electron chi connectivity index (χ0n) is 6.94. The molecule has 2 rings (SSSR count). The smallest absolute Gasteiger partial charge is 0.0774 e. The maximum Gasteiger partial charge on any atom is 0.0774 e. The van der Waals surface area contributed by atoms with Gasteiger partial charge in [0, 0.05) is 24.9 Å². The second kappa shape index (κ2) is 3.25. The van der Waals surface area contributed by atoms with Crippen LogP contribution < -0.4 is 5.73 Å². The minimum Gasteiger partial charge on any atom is -0.379 e. The first-order chi connectivity index (χ1) is 5.90. The van der Waals surface area contributed by atoms with Crippen molar-refractivity contribution in [1.82, 2.24) is 9.78 Å². The lowest BCUT2D eigenvalue weighted by Crippen LogP contribution is -2.08. The predicted octanol–water partition coefficient (Wildman–Crippen LogP) is 0.303. The van der Waals surface area contributed by atoms with Gasteiger partial charge in [0.2, 0.25) is 0 Å². The standard InChI is InChI=1S/C8H13N3O/c9-3-7-4-10-11(5-7)8-1-2-12-6-8/h4-5,8H,1-3,6,9H2/t8-/m1/s1. The molecule has 2 heterocycles. The Kier molecular flexibility index (Phi) is 2.10. The van der Waals surface area contributed by atoms with E-state index in [4.69, 9.17) is 10.5 Å². The summed E-state index contributed by atoms with van der Waals surface area (Å²) in [6, 6.07) is 0.422. The highest BCUT2D eigenvalue weighted by Gasteiger charge is 2.17. The molecule has 1 aliphatic rings. The van der Waals surface area contributed by atoms with E-state index < -0.39 is 0 Å². The van der Waals surface area contributed by atoms with Gasteiger partial charge >= 0.3 is 0 Å². The molecular weight excluding hydrogens is 154 g/mol. The number of hydrogen-bond donors (Lipinski definition) is 1. The molecule has 0 bridgehead atoms. The summed E-state index contributed by atoms with van der Waals surface area (Å²) < 4.78 is 7.22. The molecule has 66 valence electrons. The number of rotatable bonds is 2. The summed E-state index contributed by atoms with van der Waals surface area (Å²) in [6.45, 7) is 2.20. The third-order valence-electron chi connectivity index (χ3n) is 2.17. The summed E-state index contributed by atoms with van der Waals surface area (Å²) in [5.74, 6) is 0. The normalized spacial score (nSPS) is 23.2. The van der Waals surface area contributed by atoms with Crippen molar-refractivity contribution in [2.45, 2.75) is 19.0 Å². The van der Waals surface area contributed by atoms with Gasteiger partial charge in [-0.1, -0.05) is 0 Å². The Morgan fingerprint density at radius 2 is 2.67 bits per heavy atom. The first-order valence-corrected chi connectivity index (χ1v) is 4.21. The Balaban J connectivity index is 2.11. The van der Waals surface area contributed by atoms with Gasteiger partial charge in [-0.15, -0.1) is 0 Å². The van der Waals surface area contributed by atoms with E-state index in [0.29, 0.717) is 12.6 Å². The van der Waals surface area contributed by atoms with Crippen LogP contribution in [0.15, 0.2) is 12.4 Å². The van der Waals surface area contributed by atoms with E-state index in [1.165, 1.54) is 0 Å². The van der Waals surface area contributed by atoms with Crippen LogP contribution in [0.3, 0.4) is 0 Å². The molecule has 1 atom stereocenters. The van der Waals surface area contributed by atoms with Crippen molar-refractivity contribution in [3.63, 3.8) is 0 Å². The molecule has 0 unspecified atom stereocenters. The van der Waals surface area contributed by atoms with Gasteiger partial charge < -0.3 is 10.5 Å². The van der Waals surface area contributed by atoms with Crippen LogP contribution in [0.4, 0.5) is 0 Å². The zero-order valence-corrected chi connectivity index (χ0v) is 6.94. The molecule has 0 aliphatic carbocycles. The average Bonchev–Trinajstić information content (AvgIpc) is 2.75. The SMILES string of the molecule is NCc1cnn([C@@H]2CCOC2)c1. The number of hydrogen-bond acceptors (Lipinski definition) is 3. The largest absolute Gasteiger partial charge is 0.379 e. The molecule has 0 radical (unpaired) electrons. The van der Waals surface area contributed by atoms with Crippen LogP contribution in [0, 0.1) is 0 Å².